The molecule has 0 aliphatic carbocycles. The number of nitrogen functional groups attached to an aromatic ring is 3. The van der Waals surface area contributed by atoms with Crippen molar-refractivity contribution in [3.8, 4) is 0 Å². The highest BCUT2D eigenvalue weighted by molar-refractivity contribution is 5.89. The summed E-state index contributed by atoms with van der Waals surface area (Å²) >= 11 is 0. The van der Waals surface area contributed by atoms with Crippen LogP contribution in [0.1, 0.15) is 25.7 Å². The van der Waals surface area contributed by atoms with E-state index in [4.69, 9.17) is 28.7 Å². The van der Waals surface area contributed by atoms with Crippen LogP contribution in [0.3, 0.4) is 0 Å². The van der Waals surface area contributed by atoms with Crippen LogP contribution in [0.15, 0.2) is 10.2 Å². The molecule has 0 atom stereocenters. The smallest absolute Gasteiger partial charge is 0.321 e. The fourth-order valence-corrected chi connectivity index (χ4v) is 2.37. The standard InChI is InChI=1S/C14H28N16O/c1-20-6-4-2-3-5-7-21-14(31)24-13-23-10(17)30(28-13)12(19)26-25-11(18)29-9(16)22-8(15)27-29/h20H,2-7H2,1H3,(H2,18,25)(H2,19,26)(H4,15,16,22,27)(H4,17,21,23,24,28,31). The second kappa shape index (κ2) is 11.1. The third-order valence-corrected chi connectivity index (χ3v) is 3.83. The molecule has 2 amide bonds. The maximum atomic E-state index is 11.9. The Bertz CT molecular complexity index is 927. The van der Waals surface area contributed by atoms with E-state index in [1.54, 1.807) is 0 Å². The number of carbonyl (C=O) groups excluding carboxylic acids is 1. The van der Waals surface area contributed by atoms with E-state index in [9.17, 15) is 4.79 Å². The molecule has 0 saturated heterocycles. The third kappa shape index (κ3) is 6.99. The summed E-state index contributed by atoms with van der Waals surface area (Å²) in [4.78, 5) is 19.5. The molecule has 2 rings (SSSR count). The Morgan fingerprint density at radius 2 is 1.48 bits per heavy atom. The Hall–Kier alpha value is -4.15. The number of amides is 2. The summed E-state index contributed by atoms with van der Waals surface area (Å²) in [5.74, 6) is -0.868. The van der Waals surface area contributed by atoms with E-state index in [0.29, 0.717) is 6.54 Å². The lowest BCUT2D eigenvalue weighted by molar-refractivity contribution is 0.251. The monoisotopic (exact) mass is 436 g/mol. The second-order valence-electron chi connectivity index (χ2n) is 6.26. The minimum absolute atomic E-state index is 0.0626. The zero-order valence-corrected chi connectivity index (χ0v) is 17.1. The number of nitrogens with zero attached hydrogens (tertiary/aromatic N) is 8. The maximum absolute atomic E-state index is 11.9. The minimum atomic E-state index is -0.468. The molecule has 0 spiro atoms. The van der Waals surface area contributed by atoms with E-state index in [-0.39, 0.29) is 35.7 Å². The van der Waals surface area contributed by atoms with Crippen molar-refractivity contribution in [2.24, 2.45) is 21.7 Å². The van der Waals surface area contributed by atoms with Crippen molar-refractivity contribution in [3.05, 3.63) is 0 Å². The van der Waals surface area contributed by atoms with Gasteiger partial charge >= 0.3 is 6.03 Å². The highest BCUT2D eigenvalue weighted by Crippen LogP contribution is 2.05. The van der Waals surface area contributed by atoms with Crippen molar-refractivity contribution in [3.63, 3.8) is 0 Å². The molecule has 0 aliphatic heterocycles. The molecule has 13 N–H and O–H groups in total. The number of carbonyl (C=O) groups is 1. The first-order valence-electron chi connectivity index (χ1n) is 9.39. The van der Waals surface area contributed by atoms with E-state index >= 15 is 0 Å². The molecular weight excluding hydrogens is 408 g/mol. The molecule has 17 heteroatoms. The molecule has 2 aromatic heterocycles. The topological polar surface area (TPSA) is 269 Å². The molecule has 17 nitrogen and oxygen atoms in total. The number of unbranched alkanes of at least 4 members (excludes halogenated alkanes) is 3. The zero-order valence-electron chi connectivity index (χ0n) is 17.1. The Balaban J connectivity index is 1.89. The Morgan fingerprint density at radius 1 is 0.903 bits per heavy atom. The summed E-state index contributed by atoms with van der Waals surface area (Å²) in [5, 5.41) is 23.3. The van der Waals surface area contributed by atoms with Gasteiger partial charge in [0.1, 0.15) is 0 Å². The van der Waals surface area contributed by atoms with Crippen molar-refractivity contribution in [2.75, 3.05) is 42.7 Å². The Kier molecular flexibility index (Phi) is 8.31. The molecule has 0 radical (unpaired) electrons. The predicted molar refractivity (Wildman–Crippen MR) is 117 cm³/mol. The molecule has 31 heavy (non-hydrogen) atoms. The summed E-state index contributed by atoms with van der Waals surface area (Å²) in [6.45, 7) is 1.51. The van der Waals surface area contributed by atoms with Gasteiger partial charge in [0, 0.05) is 6.54 Å². The number of urea groups is 1. The van der Waals surface area contributed by atoms with Crippen LogP contribution in [0.5, 0.6) is 0 Å². The average molecular weight is 436 g/mol. The van der Waals surface area contributed by atoms with Gasteiger partial charge in [-0.05, 0) is 26.4 Å². The lowest BCUT2D eigenvalue weighted by atomic mass is 10.2. The number of aromatic nitrogens is 6. The minimum Gasteiger partial charge on any atom is -0.368 e. The van der Waals surface area contributed by atoms with Crippen molar-refractivity contribution < 1.29 is 4.79 Å². The van der Waals surface area contributed by atoms with Crippen LogP contribution in [-0.4, -0.2) is 67.6 Å². The van der Waals surface area contributed by atoms with Gasteiger partial charge in [0.25, 0.3) is 5.95 Å². The van der Waals surface area contributed by atoms with Crippen LogP contribution in [0, 0.1) is 0 Å². The van der Waals surface area contributed by atoms with E-state index in [0.717, 1.165) is 41.6 Å². The molecule has 0 unspecified atom stereocenters. The van der Waals surface area contributed by atoms with Crippen LogP contribution in [-0.2, 0) is 0 Å². The van der Waals surface area contributed by atoms with Crippen LogP contribution in [0.25, 0.3) is 0 Å². The molecule has 0 aromatic carbocycles. The highest BCUT2D eigenvalue weighted by atomic mass is 16.2. The van der Waals surface area contributed by atoms with Crippen molar-refractivity contribution >= 4 is 41.7 Å². The summed E-state index contributed by atoms with van der Waals surface area (Å²) in [6.07, 6.45) is 4.07. The van der Waals surface area contributed by atoms with Crippen LogP contribution in [0.4, 0.5) is 28.6 Å². The van der Waals surface area contributed by atoms with E-state index in [1.807, 2.05) is 7.05 Å². The second-order valence-corrected chi connectivity index (χ2v) is 6.26. The highest BCUT2D eigenvalue weighted by Gasteiger charge is 2.13. The Labute approximate surface area is 177 Å². The largest absolute Gasteiger partial charge is 0.368 e. The quantitative estimate of drug-likeness (QED) is 0.0877. The number of anilines is 4. The lowest BCUT2D eigenvalue weighted by Crippen LogP contribution is -2.30. The van der Waals surface area contributed by atoms with Gasteiger partial charge in [0.2, 0.25) is 29.8 Å². The zero-order chi connectivity index (χ0) is 22.8. The molecule has 170 valence electrons. The number of hydrogen-bond donors (Lipinski definition) is 8. The van der Waals surface area contributed by atoms with E-state index in [2.05, 4.69) is 46.3 Å². The SMILES string of the molecule is CNCCCCCCNC(=O)Nc1nc(N)n(/C(N)=N/N=C(\N)n2nc(N)nc2N)n1. The molecule has 2 heterocycles. The Morgan fingerprint density at radius 3 is 2.06 bits per heavy atom. The summed E-state index contributed by atoms with van der Waals surface area (Å²) < 4.78 is 1.93. The lowest BCUT2D eigenvalue weighted by Gasteiger charge is -2.05. The molecule has 0 bridgehead atoms. The third-order valence-electron chi connectivity index (χ3n) is 3.83. The van der Waals surface area contributed by atoms with Crippen molar-refractivity contribution in [2.45, 2.75) is 25.7 Å². The van der Waals surface area contributed by atoms with Gasteiger partial charge in [-0.3, -0.25) is 5.32 Å². The fraction of sp³-hybridized carbons (Fsp3) is 0.500. The first kappa shape index (κ1) is 23.1. The van der Waals surface area contributed by atoms with E-state index in [1.165, 1.54) is 0 Å². The van der Waals surface area contributed by atoms with Crippen LogP contribution < -0.4 is 44.6 Å². The van der Waals surface area contributed by atoms with Crippen LogP contribution in [0.2, 0.25) is 0 Å². The van der Waals surface area contributed by atoms with Gasteiger partial charge in [-0.1, -0.05) is 12.8 Å². The number of hydrogen-bond acceptors (Lipinski definition) is 11. The predicted octanol–water partition coefficient (Wildman–Crippen LogP) is -2.54. The van der Waals surface area contributed by atoms with Gasteiger partial charge in [-0.25, -0.2) is 4.79 Å². The maximum Gasteiger partial charge on any atom is 0.321 e. The molecular formula is C14H28N16O. The first-order valence-corrected chi connectivity index (χ1v) is 9.39. The summed E-state index contributed by atoms with van der Waals surface area (Å²) in [7, 11) is 1.92. The molecule has 2 aromatic rings. The van der Waals surface area contributed by atoms with Gasteiger partial charge in [-0.15, -0.1) is 20.4 Å². The molecule has 0 aliphatic rings. The first-order chi connectivity index (χ1) is 14.8. The average Bonchev–Trinajstić information content (AvgIpc) is 3.25. The van der Waals surface area contributed by atoms with Crippen molar-refractivity contribution in [1.29, 1.82) is 0 Å². The van der Waals surface area contributed by atoms with Crippen molar-refractivity contribution in [1.82, 2.24) is 40.2 Å². The summed E-state index contributed by atoms with van der Waals surface area (Å²) in [6, 6.07) is -0.468. The summed E-state index contributed by atoms with van der Waals surface area (Å²) in [5.41, 5.74) is 28.2. The van der Waals surface area contributed by atoms with Gasteiger partial charge in [0.05, 0.1) is 0 Å². The normalized spacial score (nSPS) is 12.2. The van der Waals surface area contributed by atoms with Gasteiger partial charge in [-0.2, -0.15) is 19.3 Å². The molecule has 0 fully saturated rings. The fourth-order valence-electron chi connectivity index (χ4n) is 2.37. The van der Waals surface area contributed by atoms with Gasteiger partial charge in [0.15, 0.2) is 0 Å². The molecule has 0 saturated carbocycles. The number of nitrogens with one attached hydrogen (secondary N) is 3. The van der Waals surface area contributed by atoms with E-state index < -0.39 is 6.03 Å². The van der Waals surface area contributed by atoms with Gasteiger partial charge < -0.3 is 39.3 Å². The van der Waals surface area contributed by atoms with Crippen LogP contribution >= 0.6 is 0 Å². The number of rotatable bonds is 9. The number of nitrogens with two attached hydrogens (primary N) is 5.